The average Bonchev–Trinajstić information content (AvgIpc) is 2.86. The molecule has 3 N–H and O–H groups in total. The summed E-state index contributed by atoms with van der Waals surface area (Å²) in [6, 6.07) is 8.05. The third kappa shape index (κ3) is 3.41. The van der Waals surface area contributed by atoms with E-state index in [9.17, 15) is 14.7 Å². The van der Waals surface area contributed by atoms with E-state index in [0.717, 1.165) is 5.56 Å². The molecule has 0 aliphatic carbocycles. The number of amides is 1. The van der Waals surface area contributed by atoms with Gasteiger partial charge in [-0.25, -0.2) is 9.78 Å². The summed E-state index contributed by atoms with van der Waals surface area (Å²) in [6.45, 7) is 1.66. The van der Waals surface area contributed by atoms with E-state index in [4.69, 9.17) is 0 Å². The number of benzene rings is 1. The topological polar surface area (TPSA) is 108 Å². The van der Waals surface area contributed by atoms with Crippen LogP contribution >= 0.6 is 0 Å². The highest BCUT2D eigenvalue weighted by Gasteiger charge is 2.22. The fraction of sp³-hybridized carbons (Fsp3) is 0.231. The van der Waals surface area contributed by atoms with Crippen molar-refractivity contribution in [2.75, 3.05) is 0 Å². The number of H-pyrrole nitrogens is 1. The summed E-state index contributed by atoms with van der Waals surface area (Å²) in [5.74, 6) is -1.29. The molecule has 1 aromatic carbocycles. The molecule has 0 saturated heterocycles. The van der Waals surface area contributed by atoms with Gasteiger partial charge in [0.05, 0.1) is 0 Å². The molecule has 0 fully saturated rings. The molecule has 0 aliphatic rings. The van der Waals surface area contributed by atoms with Crippen molar-refractivity contribution in [2.24, 2.45) is 0 Å². The van der Waals surface area contributed by atoms with Crippen LogP contribution in [0, 0.1) is 6.92 Å². The number of carboxylic acids is 1. The molecule has 2 rings (SSSR count). The summed E-state index contributed by atoms with van der Waals surface area (Å²) in [6.07, 6.45) is 0.200. The van der Waals surface area contributed by atoms with Crippen molar-refractivity contribution < 1.29 is 14.7 Å². The van der Waals surface area contributed by atoms with Gasteiger partial charge in [0.25, 0.3) is 5.91 Å². The predicted octanol–water partition coefficient (Wildman–Crippen LogP) is 0.539. The van der Waals surface area contributed by atoms with Crippen molar-refractivity contribution in [3.05, 3.63) is 47.5 Å². The summed E-state index contributed by atoms with van der Waals surface area (Å²) < 4.78 is 0. The first-order chi connectivity index (χ1) is 9.56. The molecule has 1 atom stereocenters. The van der Waals surface area contributed by atoms with E-state index in [0.29, 0.717) is 5.82 Å². The van der Waals surface area contributed by atoms with Gasteiger partial charge in [0, 0.05) is 6.42 Å². The second kappa shape index (κ2) is 5.96. The minimum Gasteiger partial charge on any atom is -0.480 e. The Balaban J connectivity index is 2.06. The second-order valence-electron chi connectivity index (χ2n) is 4.30. The minimum atomic E-state index is -1.10. The highest BCUT2D eigenvalue weighted by atomic mass is 16.4. The van der Waals surface area contributed by atoms with Crippen molar-refractivity contribution >= 4 is 11.9 Å². The van der Waals surface area contributed by atoms with Crippen LogP contribution in [0.1, 0.15) is 22.0 Å². The van der Waals surface area contributed by atoms with E-state index >= 15 is 0 Å². The molecule has 1 aromatic heterocycles. The summed E-state index contributed by atoms with van der Waals surface area (Å²) in [7, 11) is 0. The van der Waals surface area contributed by atoms with Gasteiger partial charge >= 0.3 is 5.97 Å². The SMILES string of the molecule is Cc1nc(C(=O)N[C@@H](Cc2ccccc2)C(=O)O)n[nH]1. The van der Waals surface area contributed by atoms with Crippen LogP contribution in [-0.2, 0) is 11.2 Å². The third-order valence-electron chi connectivity index (χ3n) is 2.69. The maximum Gasteiger partial charge on any atom is 0.326 e. The lowest BCUT2D eigenvalue weighted by Crippen LogP contribution is -2.42. The monoisotopic (exact) mass is 274 g/mol. The van der Waals surface area contributed by atoms with E-state index in [2.05, 4.69) is 20.5 Å². The van der Waals surface area contributed by atoms with Crippen LogP contribution in [0.15, 0.2) is 30.3 Å². The largest absolute Gasteiger partial charge is 0.480 e. The molecule has 1 amide bonds. The van der Waals surface area contributed by atoms with Gasteiger partial charge in [-0.1, -0.05) is 30.3 Å². The highest BCUT2D eigenvalue weighted by molar-refractivity contribution is 5.93. The lowest BCUT2D eigenvalue weighted by molar-refractivity contribution is -0.139. The number of aromatic amines is 1. The smallest absolute Gasteiger partial charge is 0.326 e. The molecule has 0 spiro atoms. The number of aryl methyl sites for hydroxylation is 1. The molecule has 0 radical (unpaired) electrons. The lowest BCUT2D eigenvalue weighted by atomic mass is 10.1. The van der Waals surface area contributed by atoms with Crippen molar-refractivity contribution in [1.29, 1.82) is 0 Å². The molecule has 0 bridgehead atoms. The number of aromatic nitrogens is 3. The summed E-state index contributed by atoms with van der Waals surface area (Å²) in [5.41, 5.74) is 0.825. The van der Waals surface area contributed by atoms with E-state index in [1.807, 2.05) is 18.2 Å². The maximum absolute atomic E-state index is 11.8. The fourth-order valence-corrected chi connectivity index (χ4v) is 1.72. The first-order valence-corrected chi connectivity index (χ1v) is 6.03. The number of nitrogens with one attached hydrogen (secondary N) is 2. The zero-order valence-corrected chi connectivity index (χ0v) is 10.8. The number of rotatable bonds is 5. The number of carbonyl (C=O) groups excluding carboxylic acids is 1. The number of carboxylic acid groups (broad SMARTS) is 1. The molecule has 0 saturated carbocycles. The number of nitrogens with zero attached hydrogens (tertiary/aromatic N) is 2. The molecule has 0 aliphatic heterocycles. The van der Waals surface area contributed by atoms with Crippen LogP contribution in [-0.4, -0.2) is 38.2 Å². The summed E-state index contributed by atoms with van der Waals surface area (Å²) >= 11 is 0. The predicted molar refractivity (Wildman–Crippen MR) is 70.2 cm³/mol. The van der Waals surface area contributed by atoms with Crippen molar-refractivity contribution in [2.45, 2.75) is 19.4 Å². The molecule has 7 nitrogen and oxygen atoms in total. The van der Waals surface area contributed by atoms with Crippen LogP contribution in [0.25, 0.3) is 0 Å². The molecule has 20 heavy (non-hydrogen) atoms. The number of carbonyl (C=O) groups is 2. The highest BCUT2D eigenvalue weighted by Crippen LogP contribution is 2.04. The van der Waals surface area contributed by atoms with E-state index in [1.54, 1.807) is 19.1 Å². The fourth-order valence-electron chi connectivity index (χ4n) is 1.72. The average molecular weight is 274 g/mol. The number of aliphatic carboxylic acids is 1. The standard InChI is InChI=1S/C13H14N4O3/c1-8-14-11(17-16-8)12(18)15-10(13(19)20)7-9-5-3-2-4-6-9/h2-6,10H,7H2,1H3,(H,15,18)(H,19,20)(H,14,16,17)/t10-/m0/s1. The Labute approximate surface area is 115 Å². The van der Waals surface area contributed by atoms with Gasteiger partial charge in [-0.15, -0.1) is 5.10 Å². The number of hydrogen-bond donors (Lipinski definition) is 3. The molecule has 1 heterocycles. The third-order valence-corrected chi connectivity index (χ3v) is 2.69. The van der Waals surface area contributed by atoms with E-state index < -0.39 is 17.9 Å². The van der Waals surface area contributed by atoms with Gasteiger partial charge < -0.3 is 10.4 Å². The van der Waals surface area contributed by atoms with Crippen molar-refractivity contribution in [1.82, 2.24) is 20.5 Å². The molecule has 0 unspecified atom stereocenters. The zero-order chi connectivity index (χ0) is 14.5. The first-order valence-electron chi connectivity index (χ1n) is 6.03. The Hall–Kier alpha value is -2.70. The molecule has 104 valence electrons. The van der Waals surface area contributed by atoms with Gasteiger partial charge in [-0.3, -0.25) is 9.89 Å². The van der Waals surface area contributed by atoms with Crippen LogP contribution in [0.5, 0.6) is 0 Å². The Morgan fingerprint density at radius 1 is 1.35 bits per heavy atom. The van der Waals surface area contributed by atoms with Gasteiger partial charge in [0.2, 0.25) is 5.82 Å². The van der Waals surface area contributed by atoms with Crippen LogP contribution in [0.3, 0.4) is 0 Å². The minimum absolute atomic E-state index is 0.0678. The summed E-state index contributed by atoms with van der Waals surface area (Å²) in [4.78, 5) is 26.9. The van der Waals surface area contributed by atoms with Crippen molar-refractivity contribution in [3.63, 3.8) is 0 Å². The van der Waals surface area contributed by atoms with Crippen molar-refractivity contribution in [3.8, 4) is 0 Å². The number of hydrogen-bond acceptors (Lipinski definition) is 4. The van der Waals surface area contributed by atoms with Gasteiger partial charge in [-0.05, 0) is 12.5 Å². The van der Waals surface area contributed by atoms with Gasteiger partial charge in [0.1, 0.15) is 11.9 Å². The van der Waals surface area contributed by atoms with Crippen LogP contribution in [0.4, 0.5) is 0 Å². The van der Waals surface area contributed by atoms with Crippen LogP contribution in [0.2, 0.25) is 0 Å². The summed E-state index contributed by atoms with van der Waals surface area (Å²) in [5, 5.41) is 17.8. The van der Waals surface area contributed by atoms with Crippen LogP contribution < -0.4 is 5.32 Å². The van der Waals surface area contributed by atoms with Gasteiger partial charge in [0.15, 0.2) is 0 Å². The normalized spacial score (nSPS) is 11.8. The molecule has 2 aromatic rings. The van der Waals surface area contributed by atoms with Gasteiger partial charge in [-0.2, -0.15) is 0 Å². The Kier molecular flexibility index (Phi) is 4.09. The Morgan fingerprint density at radius 2 is 2.05 bits per heavy atom. The molecule has 7 heteroatoms. The Bertz CT molecular complexity index is 609. The first kappa shape index (κ1) is 13.7. The van der Waals surface area contributed by atoms with E-state index in [-0.39, 0.29) is 12.2 Å². The maximum atomic E-state index is 11.8. The van der Waals surface area contributed by atoms with E-state index in [1.165, 1.54) is 0 Å². The molecular weight excluding hydrogens is 260 g/mol. The Morgan fingerprint density at radius 3 is 2.60 bits per heavy atom. The quantitative estimate of drug-likeness (QED) is 0.737. The second-order valence-corrected chi connectivity index (χ2v) is 4.30. The lowest BCUT2D eigenvalue weighted by Gasteiger charge is -2.13. The molecular formula is C13H14N4O3. The zero-order valence-electron chi connectivity index (χ0n) is 10.8.